The minimum atomic E-state index is 1.08. The molecule has 0 fully saturated rings. The second kappa shape index (κ2) is 15.5. The average molecular weight is 839 g/mol. The Balaban J connectivity index is 1.00. The zero-order chi connectivity index (χ0) is 43.6. The monoisotopic (exact) mass is 838 g/mol. The van der Waals surface area contributed by atoms with Crippen molar-refractivity contribution in [3.8, 4) is 39.1 Å². The third-order valence-corrected chi connectivity index (χ3v) is 13.5. The molecule has 13 aromatic rings. The fourth-order valence-corrected chi connectivity index (χ4v) is 10.4. The average Bonchev–Trinajstić information content (AvgIpc) is 3.73. The summed E-state index contributed by atoms with van der Waals surface area (Å²) >= 11 is 0. The number of aromatic nitrogens is 1. The standard InChI is InChI=1S/C64H42N2/c1-3-18-47-41-49(31-29-43(47)15-1)52-39-40-63(57-24-8-7-23-56(52)57)65(60-26-12-10-21-54(60)50-32-30-44-16-2-4-19-48(44)42-50)51-36-33-46(34-37-51)53-20-9-13-27-61(53)66-62-28-14-11-25-58(62)59-38-35-45-17-5-6-22-55(45)64(59)66/h1-42H. The summed E-state index contributed by atoms with van der Waals surface area (Å²) in [6, 6.07) is 93.4. The molecule has 13 rings (SSSR count). The van der Waals surface area contributed by atoms with Crippen LogP contribution in [0.3, 0.4) is 0 Å². The number of hydrogen-bond acceptors (Lipinski definition) is 1. The molecular weight excluding hydrogens is 797 g/mol. The summed E-state index contributed by atoms with van der Waals surface area (Å²) in [5.74, 6) is 0. The van der Waals surface area contributed by atoms with Gasteiger partial charge < -0.3 is 9.47 Å². The zero-order valence-electron chi connectivity index (χ0n) is 36.1. The summed E-state index contributed by atoms with van der Waals surface area (Å²) in [6.07, 6.45) is 0. The van der Waals surface area contributed by atoms with Crippen molar-refractivity contribution >= 4 is 82.0 Å². The van der Waals surface area contributed by atoms with Crippen molar-refractivity contribution < 1.29 is 0 Å². The van der Waals surface area contributed by atoms with Crippen molar-refractivity contribution in [2.24, 2.45) is 0 Å². The van der Waals surface area contributed by atoms with E-state index >= 15 is 0 Å². The van der Waals surface area contributed by atoms with Crippen LogP contribution in [0, 0.1) is 0 Å². The van der Waals surface area contributed by atoms with Crippen LogP contribution in [0.5, 0.6) is 0 Å². The highest BCUT2D eigenvalue weighted by atomic mass is 15.1. The topological polar surface area (TPSA) is 8.17 Å². The maximum absolute atomic E-state index is 2.48. The first kappa shape index (κ1) is 37.8. The Morgan fingerprint density at radius 3 is 1.55 bits per heavy atom. The maximum atomic E-state index is 2.48. The molecule has 1 heterocycles. The first-order valence-electron chi connectivity index (χ1n) is 22.8. The molecule has 0 spiro atoms. The molecule has 0 radical (unpaired) electrons. The predicted octanol–water partition coefficient (Wildman–Crippen LogP) is 17.9. The molecule has 1 aromatic heterocycles. The highest BCUT2D eigenvalue weighted by Gasteiger charge is 2.22. The van der Waals surface area contributed by atoms with E-state index in [1.807, 2.05) is 0 Å². The molecule has 0 saturated heterocycles. The van der Waals surface area contributed by atoms with E-state index in [2.05, 4.69) is 264 Å². The Bertz CT molecular complexity index is 4010. The molecule has 12 aromatic carbocycles. The van der Waals surface area contributed by atoms with Crippen LogP contribution < -0.4 is 4.90 Å². The van der Waals surface area contributed by atoms with Gasteiger partial charge in [-0.05, 0) is 103 Å². The summed E-state index contributed by atoms with van der Waals surface area (Å²) in [5.41, 5.74) is 14.0. The van der Waals surface area contributed by atoms with Gasteiger partial charge in [0.15, 0.2) is 0 Å². The zero-order valence-corrected chi connectivity index (χ0v) is 36.1. The van der Waals surface area contributed by atoms with Crippen molar-refractivity contribution in [2.45, 2.75) is 0 Å². The first-order chi connectivity index (χ1) is 32.7. The largest absolute Gasteiger partial charge is 0.309 e. The predicted molar refractivity (Wildman–Crippen MR) is 282 cm³/mol. The van der Waals surface area contributed by atoms with Gasteiger partial charge in [0.1, 0.15) is 0 Å². The van der Waals surface area contributed by atoms with Crippen LogP contribution in [0.15, 0.2) is 255 Å². The molecule has 0 bridgehead atoms. The van der Waals surface area contributed by atoms with Crippen LogP contribution in [0.2, 0.25) is 0 Å². The van der Waals surface area contributed by atoms with E-state index in [0.29, 0.717) is 0 Å². The van der Waals surface area contributed by atoms with Crippen LogP contribution in [0.25, 0.3) is 104 Å². The number of anilines is 3. The molecular formula is C64H42N2. The van der Waals surface area contributed by atoms with Crippen molar-refractivity contribution in [1.82, 2.24) is 4.57 Å². The van der Waals surface area contributed by atoms with Gasteiger partial charge in [0.25, 0.3) is 0 Å². The van der Waals surface area contributed by atoms with E-state index < -0.39 is 0 Å². The minimum Gasteiger partial charge on any atom is -0.309 e. The molecule has 2 nitrogen and oxygen atoms in total. The third-order valence-electron chi connectivity index (χ3n) is 13.5. The number of nitrogens with zero attached hydrogens (tertiary/aromatic N) is 2. The summed E-state index contributed by atoms with van der Waals surface area (Å²) in [5, 5.41) is 12.3. The molecule has 0 aliphatic carbocycles. The van der Waals surface area contributed by atoms with Crippen molar-refractivity contribution in [2.75, 3.05) is 4.90 Å². The molecule has 0 amide bonds. The lowest BCUT2D eigenvalue weighted by Gasteiger charge is -2.30. The highest BCUT2D eigenvalue weighted by Crippen LogP contribution is 2.47. The summed E-state index contributed by atoms with van der Waals surface area (Å²) in [4.78, 5) is 2.46. The van der Waals surface area contributed by atoms with E-state index in [1.165, 1.54) is 92.7 Å². The SMILES string of the molecule is c1ccc(N(c2ccc(-c3ccccc3-n3c4ccccc4c4ccc5ccccc5c43)cc2)c2ccc(-c3ccc4ccccc4c3)c3ccccc23)c(-c2ccc3ccccc3c2)c1. The van der Waals surface area contributed by atoms with Gasteiger partial charge in [-0.25, -0.2) is 0 Å². The summed E-state index contributed by atoms with van der Waals surface area (Å²) in [6.45, 7) is 0. The van der Waals surface area contributed by atoms with Crippen molar-refractivity contribution in [1.29, 1.82) is 0 Å². The molecule has 0 saturated carbocycles. The van der Waals surface area contributed by atoms with Crippen molar-refractivity contribution in [3.05, 3.63) is 255 Å². The second-order valence-electron chi connectivity index (χ2n) is 17.3. The Hall–Kier alpha value is -8.72. The third kappa shape index (κ3) is 6.18. The van der Waals surface area contributed by atoms with Gasteiger partial charge in [-0.15, -0.1) is 0 Å². The van der Waals surface area contributed by atoms with E-state index in [1.54, 1.807) is 0 Å². The van der Waals surface area contributed by atoms with Crippen LogP contribution in [-0.4, -0.2) is 4.57 Å². The second-order valence-corrected chi connectivity index (χ2v) is 17.3. The number of benzene rings is 12. The fourth-order valence-electron chi connectivity index (χ4n) is 10.4. The first-order valence-corrected chi connectivity index (χ1v) is 22.8. The molecule has 2 heteroatoms. The Morgan fingerprint density at radius 1 is 0.273 bits per heavy atom. The number of para-hydroxylation sites is 3. The Kier molecular flexibility index (Phi) is 8.89. The van der Waals surface area contributed by atoms with Gasteiger partial charge in [0.05, 0.1) is 28.1 Å². The van der Waals surface area contributed by atoms with Gasteiger partial charge in [-0.2, -0.15) is 0 Å². The molecule has 0 N–H and O–H groups in total. The number of hydrogen-bond donors (Lipinski definition) is 0. The van der Waals surface area contributed by atoms with Gasteiger partial charge in [0.2, 0.25) is 0 Å². The normalized spacial score (nSPS) is 11.6. The van der Waals surface area contributed by atoms with E-state index in [4.69, 9.17) is 0 Å². The van der Waals surface area contributed by atoms with Crippen LogP contribution in [0.1, 0.15) is 0 Å². The van der Waals surface area contributed by atoms with E-state index in [-0.39, 0.29) is 0 Å². The smallest absolute Gasteiger partial charge is 0.0619 e. The molecule has 66 heavy (non-hydrogen) atoms. The van der Waals surface area contributed by atoms with Crippen LogP contribution in [-0.2, 0) is 0 Å². The van der Waals surface area contributed by atoms with Gasteiger partial charge in [-0.3, -0.25) is 0 Å². The lowest BCUT2D eigenvalue weighted by atomic mass is 9.94. The van der Waals surface area contributed by atoms with E-state index in [9.17, 15) is 0 Å². The fraction of sp³-hybridized carbons (Fsp3) is 0. The maximum Gasteiger partial charge on any atom is 0.0619 e. The van der Waals surface area contributed by atoms with Crippen LogP contribution in [0.4, 0.5) is 17.1 Å². The lowest BCUT2D eigenvalue weighted by molar-refractivity contribution is 1.19. The summed E-state index contributed by atoms with van der Waals surface area (Å²) < 4.78 is 2.48. The summed E-state index contributed by atoms with van der Waals surface area (Å²) in [7, 11) is 0. The van der Waals surface area contributed by atoms with Gasteiger partial charge in [0, 0.05) is 38.4 Å². The van der Waals surface area contributed by atoms with E-state index in [0.717, 1.165) is 28.3 Å². The van der Waals surface area contributed by atoms with Gasteiger partial charge >= 0.3 is 0 Å². The molecule has 308 valence electrons. The molecule has 0 unspecified atom stereocenters. The van der Waals surface area contributed by atoms with Crippen molar-refractivity contribution in [3.63, 3.8) is 0 Å². The van der Waals surface area contributed by atoms with Crippen LogP contribution >= 0.6 is 0 Å². The lowest BCUT2D eigenvalue weighted by Crippen LogP contribution is -2.12. The minimum absolute atomic E-state index is 1.08. The Labute approximate surface area is 383 Å². The quantitative estimate of drug-likeness (QED) is 0.155. The number of fused-ring (bicyclic) bond motifs is 8. The highest BCUT2D eigenvalue weighted by molar-refractivity contribution is 6.19. The number of rotatable bonds is 7. The molecule has 0 aliphatic heterocycles. The Morgan fingerprint density at radius 2 is 0.803 bits per heavy atom. The van der Waals surface area contributed by atoms with Gasteiger partial charge in [-0.1, -0.05) is 206 Å². The molecule has 0 aliphatic rings. The molecule has 0 atom stereocenters.